The van der Waals surface area contributed by atoms with E-state index in [2.05, 4.69) is 34.9 Å². The fourth-order valence-electron chi connectivity index (χ4n) is 2.44. The molecule has 0 saturated carbocycles. The van der Waals surface area contributed by atoms with Gasteiger partial charge >= 0.3 is 8.80 Å². The molecule has 140 valence electrons. The molecular formula is C17H33ClN2O3Si. The third-order valence-electron chi connectivity index (χ3n) is 3.90. The minimum atomic E-state index is -2.39. The maximum absolute atomic E-state index is 5.40. The molecule has 7 heteroatoms. The van der Waals surface area contributed by atoms with Gasteiger partial charge in [0.25, 0.3) is 0 Å². The molecule has 0 atom stereocenters. The van der Waals surface area contributed by atoms with E-state index >= 15 is 0 Å². The maximum Gasteiger partial charge on any atom is 0.500 e. The largest absolute Gasteiger partial charge is 0.500 e. The van der Waals surface area contributed by atoms with E-state index in [0.717, 1.165) is 38.6 Å². The maximum atomic E-state index is 5.40. The predicted molar refractivity (Wildman–Crippen MR) is 104 cm³/mol. The molecule has 0 aromatic heterocycles. The molecule has 0 fully saturated rings. The number of unbranched alkanes of at least 4 members (excludes halogenated alkanes) is 1. The van der Waals surface area contributed by atoms with E-state index in [1.807, 2.05) is 6.07 Å². The van der Waals surface area contributed by atoms with E-state index in [-0.39, 0.29) is 12.4 Å². The average molecular weight is 377 g/mol. The normalized spacial score (nSPS) is 11.3. The Morgan fingerprint density at radius 3 is 1.92 bits per heavy atom. The van der Waals surface area contributed by atoms with Gasteiger partial charge in [-0.05, 0) is 44.5 Å². The van der Waals surface area contributed by atoms with Crippen LogP contribution in [0.5, 0.6) is 0 Å². The minimum Gasteiger partial charge on any atom is -0.377 e. The lowest BCUT2D eigenvalue weighted by molar-refractivity contribution is 0.123. The third kappa shape index (κ3) is 9.73. The van der Waals surface area contributed by atoms with Gasteiger partial charge in [-0.1, -0.05) is 30.3 Å². The second-order valence-electron chi connectivity index (χ2n) is 5.52. The Labute approximate surface area is 154 Å². The van der Waals surface area contributed by atoms with Crippen molar-refractivity contribution in [3.8, 4) is 0 Å². The van der Waals surface area contributed by atoms with Gasteiger partial charge < -0.3 is 23.9 Å². The summed E-state index contributed by atoms with van der Waals surface area (Å²) in [6.07, 6.45) is 3.38. The molecule has 0 aliphatic heterocycles. The molecule has 0 bridgehead atoms. The zero-order valence-corrected chi connectivity index (χ0v) is 17.0. The van der Waals surface area contributed by atoms with Crippen LogP contribution in [0.2, 0.25) is 6.04 Å². The molecule has 0 heterocycles. The molecule has 0 unspecified atom stereocenters. The highest BCUT2D eigenvalue weighted by Crippen LogP contribution is 2.14. The second-order valence-corrected chi connectivity index (χ2v) is 8.61. The van der Waals surface area contributed by atoms with E-state index in [9.17, 15) is 0 Å². The standard InChI is InChI=1S/C17H32N2O3Si.ClH/c1-20-23(21-2,22-3)15-9-14-18-12-7-8-13-19-16-17-10-5-4-6-11-17;/h4-6,10-11,18-19H,7-9,12-16H2,1-3H3;1H. The van der Waals surface area contributed by atoms with Crippen LogP contribution in [0.3, 0.4) is 0 Å². The van der Waals surface area contributed by atoms with E-state index in [1.54, 1.807) is 21.3 Å². The first-order valence-corrected chi connectivity index (χ1v) is 10.3. The van der Waals surface area contributed by atoms with Crippen molar-refractivity contribution >= 4 is 21.2 Å². The van der Waals surface area contributed by atoms with Gasteiger partial charge in [0.1, 0.15) is 0 Å². The van der Waals surface area contributed by atoms with Crippen LogP contribution in [0.25, 0.3) is 0 Å². The molecule has 1 rings (SSSR count). The third-order valence-corrected chi connectivity index (χ3v) is 6.73. The summed E-state index contributed by atoms with van der Waals surface area (Å²) in [6.45, 7) is 4.03. The SMILES string of the molecule is CO[Si](CCCNCCCCNCc1ccccc1)(OC)OC.Cl. The van der Waals surface area contributed by atoms with Crippen LogP contribution in [-0.4, -0.2) is 49.8 Å². The number of nitrogens with one attached hydrogen (secondary N) is 2. The molecule has 0 spiro atoms. The average Bonchev–Trinajstić information content (AvgIpc) is 2.61. The van der Waals surface area contributed by atoms with Crippen molar-refractivity contribution in [2.24, 2.45) is 0 Å². The predicted octanol–water partition coefficient (Wildman–Crippen LogP) is 2.84. The van der Waals surface area contributed by atoms with Crippen molar-refractivity contribution < 1.29 is 13.3 Å². The van der Waals surface area contributed by atoms with Gasteiger partial charge in [0.2, 0.25) is 0 Å². The Kier molecular flexibility index (Phi) is 14.5. The Morgan fingerprint density at radius 1 is 0.792 bits per heavy atom. The highest BCUT2D eigenvalue weighted by molar-refractivity contribution is 6.60. The van der Waals surface area contributed by atoms with Gasteiger partial charge in [-0.3, -0.25) is 0 Å². The van der Waals surface area contributed by atoms with Gasteiger partial charge in [0.15, 0.2) is 0 Å². The number of benzene rings is 1. The highest BCUT2D eigenvalue weighted by atomic mass is 35.5. The fourth-order valence-corrected chi connectivity index (χ4v) is 4.16. The van der Waals surface area contributed by atoms with E-state index < -0.39 is 8.80 Å². The van der Waals surface area contributed by atoms with Crippen molar-refractivity contribution in [1.82, 2.24) is 10.6 Å². The molecule has 24 heavy (non-hydrogen) atoms. The first kappa shape index (κ1) is 23.5. The van der Waals surface area contributed by atoms with Crippen LogP contribution < -0.4 is 10.6 Å². The summed E-state index contributed by atoms with van der Waals surface area (Å²) in [5.74, 6) is 0. The Balaban J connectivity index is 0.00000529. The summed E-state index contributed by atoms with van der Waals surface area (Å²) in [5, 5.41) is 6.94. The van der Waals surface area contributed by atoms with Gasteiger partial charge in [-0.2, -0.15) is 0 Å². The summed E-state index contributed by atoms with van der Waals surface area (Å²) in [4.78, 5) is 0. The lowest BCUT2D eigenvalue weighted by atomic mass is 10.2. The van der Waals surface area contributed by atoms with Crippen LogP contribution in [0.15, 0.2) is 30.3 Å². The molecule has 0 aliphatic rings. The molecule has 1 aromatic carbocycles. The highest BCUT2D eigenvalue weighted by Gasteiger charge is 2.36. The van der Waals surface area contributed by atoms with E-state index in [0.29, 0.717) is 0 Å². The fraction of sp³-hybridized carbons (Fsp3) is 0.647. The van der Waals surface area contributed by atoms with Crippen LogP contribution in [0.1, 0.15) is 24.8 Å². The Bertz CT molecular complexity index is 386. The summed E-state index contributed by atoms with van der Waals surface area (Å²) < 4.78 is 16.2. The molecule has 2 N–H and O–H groups in total. The van der Waals surface area contributed by atoms with Gasteiger partial charge in [0, 0.05) is 33.9 Å². The van der Waals surface area contributed by atoms with Gasteiger partial charge in [-0.15, -0.1) is 12.4 Å². The molecule has 0 saturated heterocycles. The molecule has 1 aromatic rings. The quantitative estimate of drug-likeness (QED) is 0.386. The second kappa shape index (κ2) is 14.8. The van der Waals surface area contributed by atoms with Crippen molar-refractivity contribution in [3.63, 3.8) is 0 Å². The summed E-state index contributed by atoms with van der Waals surface area (Å²) >= 11 is 0. The lowest BCUT2D eigenvalue weighted by Crippen LogP contribution is -2.43. The molecule has 0 amide bonds. The van der Waals surface area contributed by atoms with Crippen molar-refractivity contribution in [2.45, 2.75) is 31.9 Å². The summed E-state index contributed by atoms with van der Waals surface area (Å²) in [5.41, 5.74) is 1.34. The smallest absolute Gasteiger partial charge is 0.377 e. The van der Waals surface area contributed by atoms with Crippen LogP contribution in [0.4, 0.5) is 0 Å². The Morgan fingerprint density at radius 2 is 1.33 bits per heavy atom. The van der Waals surface area contributed by atoms with Gasteiger partial charge in [-0.25, -0.2) is 0 Å². The zero-order valence-electron chi connectivity index (χ0n) is 15.2. The van der Waals surface area contributed by atoms with Gasteiger partial charge in [0.05, 0.1) is 0 Å². The van der Waals surface area contributed by atoms with Crippen LogP contribution >= 0.6 is 12.4 Å². The van der Waals surface area contributed by atoms with Crippen molar-refractivity contribution in [1.29, 1.82) is 0 Å². The number of hydrogen-bond acceptors (Lipinski definition) is 5. The first-order chi connectivity index (χ1) is 11.3. The molecule has 0 radical (unpaired) electrons. The Hall–Kier alpha value is -0.473. The van der Waals surface area contributed by atoms with Crippen molar-refractivity contribution in [2.75, 3.05) is 41.0 Å². The monoisotopic (exact) mass is 376 g/mol. The summed E-state index contributed by atoms with van der Waals surface area (Å²) in [6, 6.07) is 11.4. The zero-order chi connectivity index (χ0) is 16.8. The number of rotatable bonds is 14. The van der Waals surface area contributed by atoms with E-state index in [4.69, 9.17) is 13.3 Å². The molecule has 0 aliphatic carbocycles. The number of halogens is 1. The lowest BCUT2D eigenvalue weighted by Gasteiger charge is -2.24. The van der Waals surface area contributed by atoms with E-state index in [1.165, 1.54) is 18.4 Å². The first-order valence-electron chi connectivity index (χ1n) is 8.37. The number of hydrogen-bond donors (Lipinski definition) is 2. The topological polar surface area (TPSA) is 51.8 Å². The van der Waals surface area contributed by atoms with Crippen LogP contribution in [0, 0.1) is 0 Å². The van der Waals surface area contributed by atoms with Crippen LogP contribution in [-0.2, 0) is 19.8 Å². The van der Waals surface area contributed by atoms with Crippen molar-refractivity contribution in [3.05, 3.63) is 35.9 Å². The molecule has 5 nitrogen and oxygen atoms in total. The molecular weight excluding hydrogens is 344 g/mol. The summed E-state index contributed by atoms with van der Waals surface area (Å²) in [7, 11) is 2.60. The minimum absolute atomic E-state index is 0.